The molecule has 1 rings (SSSR count). The van der Waals surface area contributed by atoms with Crippen LogP contribution in [0.2, 0.25) is 0 Å². The van der Waals surface area contributed by atoms with Crippen LogP contribution in [-0.4, -0.2) is 11.9 Å². The smallest absolute Gasteiger partial charge is 0.136 e. The van der Waals surface area contributed by atoms with Crippen LogP contribution in [0.4, 0.5) is 4.39 Å². The Hall–Kier alpha value is -0.0900. The summed E-state index contributed by atoms with van der Waals surface area (Å²) in [5.74, 6) is 0.311. The van der Waals surface area contributed by atoms with Crippen molar-refractivity contribution >= 4 is 31.9 Å². The maximum Gasteiger partial charge on any atom is 0.136 e. The van der Waals surface area contributed by atoms with Crippen molar-refractivity contribution in [3.8, 4) is 5.75 Å². The summed E-state index contributed by atoms with van der Waals surface area (Å²) in [6.07, 6.45) is 4.47. The molecule has 19 heavy (non-hydrogen) atoms. The van der Waals surface area contributed by atoms with E-state index in [0.29, 0.717) is 12.4 Å². The van der Waals surface area contributed by atoms with E-state index >= 15 is 0 Å². The van der Waals surface area contributed by atoms with E-state index in [4.69, 9.17) is 4.74 Å². The molecule has 0 unspecified atom stereocenters. The lowest BCUT2D eigenvalue weighted by molar-refractivity contribution is 0.143. The van der Waals surface area contributed by atoms with Crippen molar-refractivity contribution in [3.05, 3.63) is 28.5 Å². The molecule has 0 aliphatic heterocycles. The fourth-order valence-corrected chi connectivity index (χ4v) is 3.40. The van der Waals surface area contributed by atoms with E-state index in [9.17, 15) is 4.39 Å². The highest BCUT2D eigenvalue weighted by Crippen LogP contribution is 2.34. The van der Waals surface area contributed by atoms with Crippen molar-refractivity contribution in [1.82, 2.24) is 0 Å². The molecule has 0 atom stereocenters. The van der Waals surface area contributed by atoms with Crippen LogP contribution in [0.1, 0.15) is 39.5 Å². The van der Waals surface area contributed by atoms with E-state index in [2.05, 4.69) is 45.7 Å². The molecular formula is C15H21Br2FO. The molecule has 0 saturated heterocycles. The number of ether oxygens (including phenoxy) is 1. The number of hydrogen-bond acceptors (Lipinski definition) is 1. The predicted molar refractivity (Wildman–Crippen MR) is 85.6 cm³/mol. The Labute approximate surface area is 132 Å². The lowest BCUT2D eigenvalue weighted by Gasteiger charge is -2.31. The molecule has 0 fully saturated rings. The summed E-state index contributed by atoms with van der Waals surface area (Å²) in [7, 11) is 0. The molecule has 108 valence electrons. The Bertz CT molecular complexity index is 390. The fraction of sp³-hybridized carbons (Fsp3) is 0.600. The van der Waals surface area contributed by atoms with E-state index in [-0.39, 0.29) is 11.2 Å². The van der Waals surface area contributed by atoms with Crippen molar-refractivity contribution in [2.45, 2.75) is 39.5 Å². The zero-order valence-corrected chi connectivity index (χ0v) is 14.7. The minimum Gasteiger partial charge on any atom is -0.492 e. The van der Waals surface area contributed by atoms with Crippen molar-refractivity contribution in [2.24, 2.45) is 5.41 Å². The first kappa shape index (κ1) is 17.0. The number of benzene rings is 1. The topological polar surface area (TPSA) is 9.23 Å². The molecule has 1 aromatic carbocycles. The van der Waals surface area contributed by atoms with Gasteiger partial charge in [-0.25, -0.2) is 4.39 Å². The van der Waals surface area contributed by atoms with Gasteiger partial charge in [0.2, 0.25) is 0 Å². The maximum absolute atomic E-state index is 13.2. The minimum atomic E-state index is -0.270. The Morgan fingerprint density at radius 2 is 1.84 bits per heavy atom. The first-order valence-corrected chi connectivity index (χ1v) is 8.62. The number of hydrogen-bond donors (Lipinski definition) is 0. The molecule has 0 N–H and O–H groups in total. The lowest BCUT2D eigenvalue weighted by atomic mass is 9.82. The molecule has 4 heteroatoms. The second-order valence-electron chi connectivity index (χ2n) is 5.00. The molecule has 1 aromatic rings. The standard InChI is InChI=1S/C15H21Br2FO/c1-3-7-15(10-16,8-4-2)11-19-14-9-12(18)5-6-13(14)17/h5-6,9H,3-4,7-8,10-11H2,1-2H3. The molecule has 1 nitrogen and oxygen atoms in total. The molecule has 0 saturated carbocycles. The van der Waals surface area contributed by atoms with Crippen LogP contribution >= 0.6 is 31.9 Å². The average molecular weight is 396 g/mol. The molecule has 0 bridgehead atoms. The van der Waals surface area contributed by atoms with Crippen LogP contribution in [0.3, 0.4) is 0 Å². The Morgan fingerprint density at radius 3 is 2.37 bits per heavy atom. The first-order valence-electron chi connectivity index (χ1n) is 6.70. The van der Waals surface area contributed by atoms with Crippen molar-refractivity contribution in [1.29, 1.82) is 0 Å². The second kappa shape index (κ2) is 8.25. The van der Waals surface area contributed by atoms with Gasteiger partial charge in [-0.15, -0.1) is 0 Å². The summed E-state index contributed by atoms with van der Waals surface area (Å²) >= 11 is 7.01. The molecule has 0 aromatic heterocycles. The van der Waals surface area contributed by atoms with Crippen molar-refractivity contribution < 1.29 is 9.13 Å². The van der Waals surface area contributed by atoms with Gasteiger partial charge in [0.25, 0.3) is 0 Å². The number of alkyl halides is 1. The van der Waals surface area contributed by atoms with E-state index in [1.807, 2.05) is 0 Å². The molecular weight excluding hydrogens is 375 g/mol. The second-order valence-corrected chi connectivity index (χ2v) is 6.41. The lowest BCUT2D eigenvalue weighted by Crippen LogP contribution is -2.30. The summed E-state index contributed by atoms with van der Waals surface area (Å²) < 4.78 is 19.9. The summed E-state index contributed by atoms with van der Waals surface area (Å²) in [6.45, 7) is 4.98. The van der Waals surface area contributed by atoms with Crippen molar-refractivity contribution in [2.75, 3.05) is 11.9 Å². The van der Waals surface area contributed by atoms with E-state index in [1.54, 1.807) is 6.07 Å². The first-order chi connectivity index (χ1) is 9.06. The molecule has 0 amide bonds. The van der Waals surface area contributed by atoms with Crippen LogP contribution in [0.15, 0.2) is 22.7 Å². The van der Waals surface area contributed by atoms with Gasteiger partial charge in [-0.05, 0) is 40.9 Å². The van der Waals surface area contributed by atoms with Crippen molar-refractivity contribution in [3.63, 3.8) is 0 Å². The monoisotopic (exact) mass is 394 g/mol. The Balaban J connectivity index is 2.77. The minimum absolute atomic E-state index is 0.134. The summed E-state index contributed by atoms with van der Waals surface area (Å²) in [5, 5.41) is 0.911. The fourth-order valence-electron chi connectivity index (χ4n) is 2.32. The number of rotatable bonds is 8. The highest BCUT2D eigenvalue weighted by atomic mass is 79.9. The van der Waals surface area contributed by atoms with Crippen LogP contribution in [0.25, 0.3) is 0 Å². The maximum atomic E-state index is 13.2. The quantitative estimate of drug-likeness (QED) is 0.494. The van der Waals surface area contributed by atoms with Gasteiger partial charge in [0.1, 0.15) is 11.6 Å². The highest BCUT2D eigenvalue weighted by molar-refractivity contribution is 9.10. The van der Waals surface area contributed by atoms with Gasteiger partial charge in [-0.1, -0.05) is 42.6 Å². The Kier molecular flexibility index (Phi) is 7.37. The van der Waals surface area contributed by atoms with Gasteiger partial charge in [0, 0.05) is 16.8 Å². The van der Waals surface area contributed by atoms with Crippen LogP contribution in [0.5, 0.6) is 5.75 Å². The van der Waals surface area contributed by atoms with Gasteiger partial charge in [0.15, 0.2) is 0 Å². The normalized spacial score (nSPS) is 11.6. The molecule has 0 spiro atoms. The van der Waals surface area contributed by atoms with Gasteiger partial charge < -0.3 is 4.74 Å². The summed E-state index contributed by atoms with van der Waals surface area (Å²) in [5.41, 5.74) is 0.134. The SMILES string of the molecule is CCCC(CBr)(CCC)COc1cc(F)ccc1Br. The van der Waals surface area contributed by atoms with E-state index in [1.165, 1.54) is 12.1 Å². The summed E-state index contributed by atoms with van der Waals surface area (Å²) in [6, 6.07) is 4.54. The van der Waals surface area contributed by atoms with E-state index < -0.39 is 0 Å². The molecule has 0 aliphatic carbocycles. The third-order valence-corrected chi connectivity index (χ3v) is 5.12. The van der Waals surface area contributed by atoms with Gasteiger partial charge in [-0.3, -0.25) is 0 Å². The third kappa shape index (κ3) is 5.07. The van der Waals surface area contributed by atoms with Crippen LogP contribution in [-0.2, 0) is 0 Å². The predicted octanol–water partition coefficient (Wildman–Crippen LogP) is 5.95. The van der Waals surface area contributed by atoms with Crippen LogP contribution in [0, 0.1) is 11.2 Å². The molecule has 0 aliphatic rings. The third-order valence-electron chi connectivity index (χ3n) is 3.27. The van der Waals surface area contributed by atoms with Gasteiger partial charge in [-0.2, -0.15) is 0 Å². The largest absolute Gasteiger partial charge is 0.492 e. The zero-order chi connectivity index (χ0) is 14.3. The molecule has 0 heterocycles. The number of halogens is 3. The Morgan fingerprint density at radius 1 is 1.21 bits per heavy atom. The van der Waals surface area contributed by atoms with E-state index in [0.717, 1.165) is 35.5 Å². The van der Waals surface area contributed by atoms with Gasteiger partial charge >= 0.3 is 0 Å². The van der Waals surface area contributed by atoms with Crippen LogP contribution < -0.4 is 4.74 Å². The average Bonchev–Trinajstić information content (AvgIpc) is 2.40. The highest BCUT2D eigenvalue weighted by Gasteiger charge is 2.28. The zero-order valence-electron chi connectivity index (χ0n) is 11.5. The summed E-state index contributed by atoms with van der Waals surface area (Å²) in [4.78, 5) is 0. The van der Waals surface area contributed by atoms with Gasteiger partial charge in [0.05, 0.1) is 11.1 Å². The molecule has 0 radical (unpaired) electrons.